The van der Waals surface area contributed by atoms with Gasteiger partial charge in [0.15, 0.2) is 5.96 Å². The van der Waals surface area contributed by atoms with Crippen LogP contribution in [0.3, 0.4) is 0 Å². The number of nitrogens with one attached hydrogen (secondary N) is 2. The third kappa shape index (κ3) is 6.28. The van der Waals surface area contributed by atoms with E-state index in [2.05, 4.69) is 47.6 Å². The van der Waals surface area contributed by atoms with Gasteiger partial charge in [-0.15, -0.1) is 0 Å². The summed E-state index contributed by atoms with van der Waals surface area (Å²) < 4.78 is 0.192. The van der Waals surface area contributed by atoms with E-state index < -0.39 is 0 Å². The van der Waals surface area contributed by atoms with Crippen molar-refractivity contribution in [1.29, 1.82) is 0 Å². The number of aromatic nitrogens is 1. The second-order valence-electron chi connectivity index (χ2n) is 5.28. The molecule has 0 saturated carbocycles. The molecule has 0 fully saturated rings. The molecular formula is C15H26N4S. The van der Waals surface area contributed by atoms with E-state index in [1.807, 2.05) is 36.9 Å². The highest BCUT2D eigenvalue weighted by atomic mass is 32.2. The molecule has 20 heavy (non-hydrogen) atoms. The van der Waals surface area contributed by atoms with Gasteiger partial charge in [-0.1, -0.05) is 6.07 Å². The third-order valence-electron chi connectivity index (χ3n) is 2.92. The smallest absolute Gasteiger partial charge is 0.191 e. The fourth-order valence-corrected chi connectivity index (χ4v) is 1.77. The molecule has 112 valence electrons. The van der Waals surface area contributed by atoms with Crippen LogP contribution in [0.25, 0.3) is 0 Å². The standard InChI is InChI=1S/C15H26N4S/c1-6-16-14(18-11-15(3,4)20-5)17-10-13-9-7-8-12(2)19-13/h7-9H,6,10-11H2,1-5H3,(H2,16,17,18). The summed E-state index contributed by atoms with van der Waals surface area (Å²) in [6.07, 6.45) is 2.13. The van der Waals surface area contributed by atoms with Gasteiger partial charge in [0, 0.05) is 23.5 Å². The number of aliphatic imine (C=N–C) groups is 1. The van der Waals surface area contributed by atoms with E-state index in [0.717, 1.165) is 30.4 Å². The van der Waals surface area contributed by atoms with Crippen molar-refractivity contribution in [1.82, 2.24) is 15.6 Å². The second kappa shape index (κ2) is 8.15. The molecule has 1 aromatic heterocycles. The molecule has 0 saturated heterocycles. The topological polar surface area (TPSA) is 49.3 Å². The zero-order valence-electron chi connectivity index (χ0n) is 13.2. The molecule has 0 aromatic carbocycles. The van der Waals surface area contributed by atoms with Gasteiger partial charge in [-0.25, -0.2) is 4.99 Å². The lowest BCUT2D eigenvalue weighted by atomic mass is 10.2. The van der Waals surface area contributed by atoms with Crippen molar-refractivity contribution in [2.24, 2.45) is 4.99 Å². The van der Waals surface area contributed by atoms with Crippen LogP contribution in [0.2, 0.25) is 0 Å². The molecule has 1 rings (SSSR count). The highest BCUT2D eigenvalue weighted by molar-refractivity contribution is 7.99. The summed E-state index contributed by atoms with van der Waals surface area (Å²) in [5.41, 5.74) is 2.02. The lowest BCUT2D eigenvalue weighted by molar-refractivity contribution is 0.664. The number of hydrogen-bond acceptors (Lipinski definition) is 3. The maximum Gasteiger partial charge on any atom is 0.191 e. The van der Waals surface area contributed by atoms with Crippen LogP contribution in [0.1, 0.15) is 32.2 Å². The molecule has 0 radical (unpaired) electrons. The predicted molar refractivity (Wildman–Crippen MR) is 89.4 cm³/mol. The Balaban J connectivity index is 2.63. The minimum Gasteiger partial charge on any atom is -0.357 e. The summed E-state index contributed by atoms with van der Waals surface area (Å²) in [7, 11) is 0. The SMILES string of the molecule is CCNC(=NCc1cccc(C)n1)NCC(C)(C)SC. The van der Waals surface area contributed by atoms with E-state index in [0.29, 0.717) is 6.54 Å². The van der Waals surface area contributed by atoms with E-state index in [1.165, 1.54) is 0 Å². The quantitative estimate of drug-likeness (QED) is 0.625. The zero-order chi connectivity index (χ0) is 15.0. The van der Waals surface area contributed by atoms with Crippen molar-refractivity contribution in [2.75, 3.05) is 19.3 Å². The minimum atomic E-state index is 0.192. The Labute approximate surface area is 126 Å². The van der Waals surface area contributed by atoms with Crippen LogP contribution in [-0.4, -0.2) is 35.0 Å². The van der Waals surface area contributed by atoms with Gasteiger partial charge >= 0.3 is 0 Å². The highest BCUT2D eigenvalue weighted by Crippen LogP contribution is 2.19. The second-order valence-corrected chi connectivity index (χ2v) is 6.80. The first-order chi connectivity index (χ1) is 9.46. The number of pyridine rings is 1. The molecule has 0 aliphatic carbocycles. The van der Waals surface area contributed by atoms with Gasteiger partial charge in [-0.05, 0) is 46.1 Å². The highest BCUT2D eigenvalue weighted by Gasteiger charge is 2.15. The Bertz CT molecular complexity index is 443. The van der Waals surface area contributed by atoms with Crippen molar-refractivity contribution in [3.05, 3.63) is 29.6 Å². The normalized spacial score (nSPS) is 12.3. The average molecular weight is 294 g/mol. The van der Waals surface area contributed by atoms with Crippen LogP contribution in [0, 0.1) is 6.92 Å². The molecule has 0 atom stereocenters. The lowest BCUT2D eigenvalue weighted by Gasteiger charge is -2.23. The maximum absolute atomic E-state index is 4.58. The van der Waals surface area contributed by atoms with Crippen LogP contribution >= 0.6 is 11.8 Å². The number of hydrogen-bond donors (Lipinski definition) is 2. The van der Waals surface area contributed by atoms with Crippen LogP contribution < -0.4 is 10.6 Å². The molecule has 0 aliphatic heterocycles. The lowest BCUT2D eigenvalue weighted by Crippen LogP contribution is -2.43. The van der Waals surface area contributed by atoms with E-state index in [1.54, 1.807) is 0 Å². The number of aryl methyl sites for hydroxylation is 1. The van der Waals surface area contributed by atoms with E-state index in [4.69, 9.17) is 0 Å². The Morgan fingerprint density at radius 2 is 2.10 bits per heavy atom. The summed E-state index contributed by atoms with van der Waals surface area (Å²) in [5, 5.41) is 6.65. The van der Waals surface area contributed by atoms with Crippen LogP contribution in [0.5, 0.6) is 0 Å². The average Bonchev–Trinajstić information content (AvgIpc) is 2.42. The van der Waals surface area contributed by atoms with Crippen LogP contribution in [-0.2, 0) is 6.54 Å². The van der Waals surface area contributed by atoms with Crippen LogP contribution in [0.4, 0.5) is 0 Å². The molecular weight excluding hydrogens is 268 g/mol. The van der Waals surface area contributed by atoms with Crippen molar-refractivity contribution < 1.29 is 0 Å². The van der Waals surface area contributed by atoms with Crippen LogP contribution in [0.15, 0.2) is 23.2 Å². The Morgan fingerprint density at radius 1 is 1.35 bits per heavy atom. The molecule has 0 aliphatic rings. The van der Waals surface area contributed by atoms with Gasteiger partial charge in [0.2, 0.25) is 0 Å². The summed E-state index contributed by atoms with van der Waals surface area (Å²) in [6, 6.07) is 6.02. The van der Waals surface area contributed by atoms with Crippen molar-refractivity contribution in [2.45, 2.75) is 39.0 Å². The number of guanidine groups is 1. The van der Waals surface area contributed by atoms with E-state index >= 15 is 0 Å². The zero-order valence-corrected chi connectivity index (χ0v) is 14.0. The summed E-state index contributed by atoms with van der Waals surface area (Å²) >= 11 is 1.85. The Hall–Kier alpha value is -1.23. The first kappa shape index (κ1) is 16.8. The largest absolute Gasteiger partial charge is 0.357 e. The monoisotopic (exact) mass is 294 g/mol. The summed E-state index contributed by atoms with van der Waals surface area (Å²) in [5.74, 6) is 0.845. The molecule has 0 spiro atoms. The molecule has 2 N–H and O–H groups in total. The Kier molecular flexibility index (Phi) is 6.85. The molecule has 5 heteroatoms. The van der Waals surface area contributed by atoms with Gasteiger partial charge in [0.05, 0.1) is 12.2 Å². The van der Waals surface area contributed by atoms with E-state index in [9.17, 15) is 0 Å². The fraction of sp³-hybridized carbons (Fsp3) is 0.600. The van der Waals surface area contributed by atoms with Crippen molar-refractivity contribution in [3.8, 4) is 0 Å². The molecule has 4 nitrogen and oxygen atoms in total. The van der Waals surface area contributed by atoms with Gasteiger partial charge < -0.3 is 10.6 Å². The number of thioether (sulfide) groups is 1. The van der Waals surface area contributed by atoms with Crippen molar-refractivity contribution >= 4 is 17.7 Å². The summed E-state index contributed by atoms with van der Waals surface area (Å²) in [6.45, 7) is 10.8. The van der Waals surface area contributed by atoms with E-state index in [-0.39, 0.29) is 4.75 Å². The maximum atomic E-state index is 4.58. The first-order valence-electron chi connectivity index (χ1n) is 6.96. The van der Waals surface area contributed by atoms with Crippen molar-refractivity contribution in [3.63, 3.8) is 0 Å². The summed E-state index contributed by atoms with van der Waals surface area (Å²) in [4.78, 5) is 9.05. The number of nitrogens with zero attached hydrogens (tertiary/aromatic N) is 2. The minimum absolute atomic E-state index is 0.192. The molecule has 0 amide bonds. The first-order valence-corrected chi connectivity index (χ1v) is 8.19. The molecule has 0 bridgehead atoms. The fourth-order valence-electron chi connectivity index (χ4n) is 1.56. The predicted octanol–water partition coefficient (Wildman–Crippen LogP) is 2.59. The van der Waals surface area contributed by atoms with Gasteiger partial charge in [-0.2, -0.15) is 11.8 Å². The molecule has 1 heterocycles. The number of rotatable bonds is 6. The van der Waals surface area contributed by atoms with Gasteiger partial charge in [-0.3, -0.25) is 4.98 Å². The third-order valence-corrected chi connectivity index (χ3v) is 4.17. The van der Waals surface area contributed by atoms with Gasteiger partial charge in [0.1, 0.15) is 0 Å². The molecule has 0 unspecified atom stereocenters. The Morgan fingerprint density at radius 3 is 2.70 bits per heavy atom. The molecule has 1 aromatic rings. The van der Waals surface area contributed by atoms with Gasteiger partial charge in [0.25, 0.3) is 0 Å².